The van der Waals surface area contributed by atoms with Crippen molar-refractivity contribution in [2.45, 2.75) is 81.5 Å². The number of nitrogens with zero attached hydrogens (tertiary/aromatic N) is 1. The fraction of sp³-hybridized carbons (Fsp3) is 0.302. The monoisotopic (exact) mass is 835 g/mol. The van der Waals surface area contributed by atoms with Gasteiger partial charge in [-0.25, -0.2) is 14.4 Å². The number of aromatic amines is 3. The third kappa shape index (κ3) is 10.6. The van der Waals surface area contributed by atoms with Gasteiger partial charge in [0.05, 0.1) is 0 Å². The first-order valence-electron chi connectivity index (χ1n) is 19.6. The van der Waals surface area contributed by atoms with Gasteiger partial charge in [-0.1, -0.05) is 54.6 Å². The maximum atomic E-state index is 13.3. The van der Waals surface area contributed by atoms with Crippen molar-refractivity contribution in [3.63, 3.8) is 0 Å². The van der Waals surface area contributed by atoms with Gasteiger partial charge in [0.15, 0.2) is 0 Å². The molecule has 3 unspecified atom stereocenters. The van der Waals surface area contributed by atoms with Crippen LogP contribution in [0.2, 0.25) is 0 Å². The fourth-order valence-corrected chi connectivity index (χ4v) is 7.65. The van der Waals surface area contributed by atoms with E-state index < -0.39 is 103 Å². The summed E-state index contributed by atoms with van der Waals surface area (Å²) in [5.74, 6) is -6.51. The van der Waals surface area contributed by atoms with Gasteiger partial charge in [-0.2, -0.15) is 0 Å². The number of carbonyl (C=O) groups excluding carboxylic acids is 3. The molecule has 0 bridgehead atoms. The number of hydrogen-bond donors (Lipinski definition) is 9. The zero-order chi connectivity index (χ0) is 43.7. The summed E-state index contributed by atoms with van der Waals surface area (Å²) in [5, 5.41) is 52.5. The van der Waals surface area contributed by atoms with Gasteiger partial charge in [-0.3, -0.25) is 24.5 Å². The normalized spacial score (nSPS) is 13.8. The molecule has 18 nitrogen and oxygen atoms in total. The molecule has 3 amide bonds. The van der Waals surface area contributed by atoms with Crippen molar-refractivity contribution in [1.29, 1.82) is 0 Å². The second-order valence-corrected chi connectivity index (χ2v) is 15.0. The molecule has 0 saturated carbocycles. The topological polar surface area (TPSA) is 290 Å². The van der Waals surface area contributed by atoms with Crippen LogP contribution in [0.4, 0.5) is 0 Å². The van der Waals surface area contributed by atoms with Gasteiger partial charge in [0.1, 0.15) is 18.1 Å². The summed E-state index contributed by atoms with van der Waals surface area (Å²) in [7, 11) is 0. The first-order valence-corrected chi connectivity index (χ1v) is 19.6. The zero-order valence-corrected chi connectivity index (χ0v) is 32.8. The van der Waals surface area contributed by atoms with Crippen LogP contribution < -0.4 is 16.0 Å². The van der Waals surface area contributed by atoms with E-state index in [4.69, 9.17) is 0 Å². The van der Waals surface area contributed by atoms with E-state index in [9.17, 15) is 54.2 Å². The number of amides is 3. The standard InChI is InChI=1S/C43H45N7O11/c51-37(47-34(40(54)55)19-25-22-44-31-10-4-1-7-28(25)31)13-16-43(50(60)61,17-14-38(52)48-35(41(56)57)20-26-23-45-32-11-5-2-8-29(26)32)18-15-39(53)49-36(42(58)59)21-27-24-46-33-12-6-3-9-30(27)33/h1-12,22-24,34-36,44-46H,13-21H2,(H,47,51)(H,48,52)(H,49,53)(H,54,55)(H,56,57)(H,58,59). The van der Waals surface area contributed by atoms with Crippen molar-refractivity contribution in [3.8, 4) is 0 Å². The summed E-state index contributed by atoms with van der Waals surface area (Å²) in [5.41, 5.74) is 2.01. The Morgan fingerprint density at radius 3 is 1.07 bits per heavy atom. The number of fused-ring (bicyclic) bond motifs is 3. The summed E-state index contributed by atoms with van der Waals surface area (Å²) in [6.45, 7) is 0. The molecular formula is C43H45N7O11. The summed E-state index contributed by atoms with van der Waals surface area (Å²) in [6, 6.07) is 17.4. The highest BCUT2D eigenvalue weighted by molar-refractivity contribution is 5.89. The summed E-state index contributed by atoms with van der Waals surface area (Å²) in [6.07, 6.45) is 1.26. The highest BCUT2D eigenvalue weighted by atomic mass is 16.6. The Morgan fingerprint density at radius 1 is 0.525 bits per heavy atom. The largest absolute Gasteiger partial charge is 0.480 e. The third-order valence-corrected chi connectivity index (χ3v) is 11.0. The number of carbonyl (C=O) groups is 6. The molecule has 18 heteroatoms. The van der Waals surface area contributed by atoms with E-state index >= 15 is 0 Å². The van der Waals surface area contributed by atoms with Crippen LogP contribution in [0.25, 0.3) is 32.7 Å². The predicted octanol–water partition coefficient (Wildman–Crippen LogP) is 4.22. The van der Waals surface area contributed by atoms with E-state index in [0.29, 0.717) is 16.7 Å². The molecule has 3 aromatic heterocycles. The van der Waals surface area contributed by atoms with Crippen molar-refractivity contribution in [2.75, 3.05) is 0 Å². The number of hydrogen-bond acceptors (Lipinski definition) is 8. The average molecular weight is 836 g/mol. The third-order valence-electron chi connectivity index (χ3n) is 11.0. The highest BCUT2D eigenvalue weighted by Gasteiger charge is 2.44. The predicted molar refractivity (Wildman–Crippen MR) is 222 cm³/mol. The Hall–Kier alpha value is -7.50. The molecule has 3 aromatic carbocycles. The lowest BCUT2D eigenvalue weighted by molar-refractivity contribution is -0.573. The molecule has 6 rings (SSSR count). The number of H-pyrrole nitrogens is 3. The van der Waals surface area contributed by atoms with Gasteiger partial charge >= 0.3 is 17.9 Å². The number of nitrogens with one attached hydrogen (secondary N) is 6. The molecule has 0 saturated heterocycles. The Morgan fingerprint density at radius 2 is 0.803 bits per heavy atom. The minimum absolute atomic E-state index is 0.0988. The van der Waals surface area contributed by atoms with Crippen molar-refractivity contribution in [3.05, 3.63) is 118 Å². The number of aliphatic carboxylic acids is 3. The fourth-order valence-electron chi connectivity index (χ4n) is 7.65. The molecular weight excluding hydrogens is 791 g/mol. The van der Waals surface area contributed by atoms with E-state index in [-0.39, 0.29) is 19.3 Å². The number of benzene rings is 3. The Bertz CT molecular complexity index is 2320. The number of carboxylic acids is 3. The first kappa shape index (κ1) is 43.1. The second kappa shape index (κ2) is 19.0. The van der Waals surface area contributed by atoms with Gasteiger partial charge in [0.25, 0.3) is 0 Å². The molecule has 0 radical (unpaired) electrons. The molecule has 0 aliphatic heterocycles. The minimum Gasteiger partial charge on any atom is -0.480 e. The molecule has 3 heterocycles. The number of rotatable bonds is 22. The lowest BCUT2D eigenvalue weighted by Gasteiger charge is -2.26. The van der Waals surface area contributed by atoms with Gasteiger partial charge in [-0.15, -0.1) is 0 Å². The Balaban J connectivity index is 1.16. The van der Waals surface area contributed by atoms with Crippen LogP contribution in [0, 0.1) is 10.1 Å². The molecule has 0 aliphatic carbocycles. The first-order chi connectivity index (χ1) is 29.2. The summed E-state index contributed by atoms with van der Waals surface area (Å²) >= 11 is 0. The molecule has 61 heavy (non-hydrogen) atoms. The van der Waals surface area contributed by atoms with Crippen LogP contribution >= 0.6 is 0 Å². The van der Waals surface area contributed by atoms with Gasteiger partial charge in [0, 0.05) is 114 Å². The van der Waals surface area contributed by atoms with Gasteiger partial charge in [0.2, 0.25) is 23.3 Å². The van der Waals surface area contributed by atoms with E-state index in [1.807, 2.05) is 18.2 Å². The SMILES string of the molecule is O=C(CCC(CCC(=O)NC(Cc1c[nH]c2ccccc12)C(=O)O)(CCC(=O)NC(Cc1c[nH]c2ccccc12)C(=O)O)[N+](=O)[O-])NC(Cc1c[nH]c2ccccc12)C(=O)O. The zero-order valence-electron chi connectivity index (χ0n) is 32.8. The van der Waals surface area contributed by atoms with Crippen LogP contribution in [-0.4, -0.2) is 94.5 Å². The lowest BCUT2D eigenvalue weighted by Crippen LogP contribution is -2.47. The molecule has 0 aliphatic rings. The van der Waals surface area contributed by atoms with E-state index in [0.717, 1.165) is 32.7 Å². The molecule has 3 atom stereocenters. The van der Waals surface area contributed by atoms with Crippen molar-refractivity contribution < 1.29 is 49.0 Å². The van der Waals surface area contributed by atoms with Crippen LogP contribution in [-0.2, 0) is 48.0 Å². The van der Waals surface area contributed by atoms with E-state index in [1.165, 1.54) is 0 Å². The van der Waals surface area contributed by atoms with E-state index in [1.54, 1.807) is 73.2 Å². The second-order valence-electron chi connectivity index (χ2n) is 15.0. The van der Waals surface area contributed by atoms with Crippen LogP contribution in [0.5, 0.6) is 0 Å². The number of carboxylic acid groups (broad SMARTS) is 3. The van der Waals surface area contributed by atoms with Gasteiger partial charge in [-0.05, 0) is 34.9 Å². The molecule has 6 aromatic rings. The van der Waals surface area contributed by atoms with Crippen molar-refractivity contribution >= 4 is 68.3 Å². The van der Waals surface area contributed by atoms with Crippen LogP contribution in [0.15, 0.2) is 91.4 Å². The molecule has 9 N–H and O–H groups in total. The molecule has 0 spiro atoms. The van der Waals surface area contributed by atoms with E-state index in [2.05, 4.69) is 30.9 Å². The Labute approximate surface area is 347 Å². The van der Waals surface area contributed by atoms with Crippen LogP contribution in [0.3, 0.4) is 0 Å². The maximum Gasteiger partial charge on any atom is 0.326 e. The lowest BCUT2D eigenvalue weighted by atomic mass is 9.83. The maximum absolute atomic E-state index is 13.3. The Kier molecular flexibility index (Phi) is 13.5. The number of aromatic nitrogens is 3. The van der Waals surface area contributed by atoms with Gasteiger partial charge < -0.3 is 46.2 Å². The summed E-state index contributed by atoms with van der Waals surface area (Å²) < 4.78 is 0. The smallest absolute Gasteiger partial charge is 0.326 e. The number of nitro groups is 1. The van der Waals surface area contributed by atoms with Crippen molar-refractivity contribution in [1.82, 2.24) is 30.9 Å². The quantitative estimate of drug-likeness (QED) is 0.0345. The highest BCUT2D eigenvalue weighted by Crippen LogP contribution is 2.30. The van der Waals surface area contributed by atoms with Crippen LogP contribution in [0.1, 0.15) is 55.2 Å². The van der Waals surface area contributed by atoms with Crippen molar-refractivity contribution in [2.24, 2.45) is 0 Å². The minimum atomic E-state index is -2.13. The molecule has 0 fully saturated rings. The molecule has 318 valence electrons. The summed E-state index contributed by atoms with van der Waals surface area (Å²) in [4.78, 5) is 98.1. The average Bonchev–Trinajstić information content (AvgIpc) is 3.97. The number of para-hydroxylation sites is 3.